The molecule has 0 aromatic heterocycles. The van der Waals surface area contributed by atoms with Gasteiger partial charge in [-0.2, -0.15) is 0 Å². The molecule has 0 aromatic carbocycles. The van der Waals surface area contributed by atoms with Gasteiger partial charge in [-0.15, -0.1) is 0 Å². The first kappa shape index (κ1) is 15.2. The molecule has 0 aliphatic heterocycles. The zero-order valence-electron chi connectivity index (χ0n) is 14.6. The smallest absolute Gasteiger partial charge is 0.303 e. The van der Waals surface area contributed by atoms with Gasteiger partial charge in [0.15, 0.2) is 0 Å². The first-order valence-electron chi connectivity index (χ1n) is 9.20. The van der Waals surface area contributed by atoms with Crippen molar-refractivity contribution >= 4 is 5.97 Å². The summed E-state index contributed by atoms with van der Waals surface area (Å²) in [5.41, 5.74) is 3.83. The third-order valence-electron chi connectivity index (χ3n) is 7.18. The SMILES string of the molecule is CC(=O)OC1C=C[C@@]2(C)C(=CC=C3[C@@H]4CCC[C@@]4(C)CC[C@@H]32)C1. The lowest BCUT2D eigenvalue weighted by Gasteiger charge is -2.52. The highest BCUT2D eigenvalue weighted by atomic mass is 16.5. The summed E-state index contributed by atoms with van der Waals surface area (Å²) >= 11 is 0. The molecular formula is C21H28O2. The van der Waals surface area contributed by atoms with Crippen molar-refractivity contribution in [2.75, 3.05) is 0 Å². The summed E-state index contributed by atoms with van der Waals surface area (Å²) in [7, 11) is 0. The fourth-order valence-electron chi connectivity index (χ4n) is 5.86. The second-order valence-corrected chi connectivity index (χ2v) is 8.54. The van der Waals surface area contributed by atoms with E-state index in [1.54, 1.807) is 5.57 Å². The minimum atomic E-state index is -0.185. The lowest BCUT2D eigenvalue weighted by Crippen LogP contribution is -2.43. The van der Waals surface area contributed by atoms with Crippen LogP contribution in [0.25, 0.3) is 0 Å². The van der Waals surface area contributed by atoms with Crippen molar-refractivity contribution in [3.63, 3.8) is 0 Å². The molecule has 2 heteroatoms. The molecule has 1 unspecified atom stereocenters. The Kier molecular flexibility index (Phi) is 3.37. The van der Waals surface area contributed by atoms with Crippen LogP contribution in [0.3, 0.4) is 0 Å². The Morgan fingerprint density at radius 1 is 1.17 bits per heavy atom. The fourth-order valence-corrected chi connectivity index (χ4v) is 5.86. The normalized spacial score (nSPS) is 44.6. The van der Waals surface area contributed by atoms with Gasteiger partial charge in [-0.1, -0.05) is 49.6 Å². The molecule has 124 valence electrons. The molecule has 0 spiro atoms. The second-order valence-electron chi connectivity index (χ2n) is 8.54. The van der Waals surface area contributed by atoms with Crippen molar-refractivity contribution in [1.29, 1.82) is 0 Å². The topological polar surface area (TPSA) is 26.3 Å². The van der Waals surface area contributed by atoms with Crippen LogP contribution in [-0.4, -0.2) is 12.1 Å². The molecule has 0 amide bonds. The van der Waals surface area contributed by atoms with Crippen molar-refractivity contribution in [2.45, 2.75) is 65.4 Å². The van der Waals surface area contributed by atoms with Crippen molar-refractivity contribution in [2.24, 2.45) is 22.7 Å². The Morgan fingerprint density at radius 2 is 2.00 bits per heavy atom. The Labute approximate surface area is 139 Å². The zero-order valence-corrected chi connectivity index (χ0v) is 14.6. The number of carbonyl (C=O) groups is 1. The highest BCUT2D eigenvalue weighted by molar-refractivity contribution is 5.66. The van der Waals surface area contributed by atoms with E-state index in [1.807, 2.05) is 0 Å². The van der Waals surface area contributed by atoms with Crippen LogP contribution in [0.4, 0.5) is 0 Å². The van der Waals surface area contributed by atoms with Crippen LogP contribution in [0.5, 0.6) is 0 Å². The Balaban J connectivity index is 1.67. The van der Waals surface area contributed by atoms with Gasteiger partial charge in [-0.25, -0.2) is 0 Å². The molecule has 2 fully saturated rings. The summed E-state index contributed by atoms with van der Waals surface area (Å²) in [6.07, 6.45) is 16.8. The molecule has 0 radical (unpaired) electrons. The Hall–Kier alpha value is -1.31. The van der Waals surface area contributed by atoms with Crippen LogP contribution < -0.4 is 0 Å². The minimum absolute atomic E-state index is 0.0814. The number of carbonyl (C=O) groups excluding carboxylic acids is 1. The number of fused-ring (bicyclic) bond motifs is 5. The third-order valence-corrected chi connectivity index (χ3v) is 7.18. The molecule has 0 saturated heterocycles. The molecule has 0 N–H and O–H groups in total. The van der Waals surface area contributed by atoms with Gasteiger partial charge in [0.05, 0.1) is 0 Å². The number of esters is 1. The molecule has 23 heavy (non-hydrogen) atoms. The van der Waals surface area contributed by atoms with Crippen LogP contribution in [0.2, 0.25) is 0 Å². The van der Waals surface area contributed by atoms with Gasteiger partial charge in [-0.3, -0.25) is 4.79 Å². The quantitative estimate of drug-likeness (QED) is 0.505. The van der Waals surface area contributed by atoms with Gasteiger partial charge in [-0.05, 0) is 49.0 Å². The van der Waals surface area contributed by atoms with Gasteiger partial charge in [0.25, 0.3) is 0 Å². The van der Waals surface area contributed by atoms with Crippen molar-refractivity contribution < 1.29 is 9.53 Å². The summed E-state index contributed by atoms with van der Waals surface area (Å²) in [6.45, 7) is 6.41. The lowest BCUT2D eigenvalue weighted by molar-refractivity contribution is -0.144. The van der Waals surface area contributed by atoms with Crippen LogP contribution >= 0.6 is 0 Å². The average molecular weight is 312 g/mol. The largest absolute Gasteiger partial charge is 0.458 e. The third kappa shape index (κ3) is 2.25. The van der Waals surface area contributed by atoms with E-state index in [-0.39, 0.29) is 17.5 Å². The summed E-state index contributed by atoms with van der Waals surface area (Å²) in [6, 6.07) is 0. The summed E-state index contributed by atoms with van der Waals surface area (Å²) in [5.74, 6) is 1.25. The van der Waals surface area contributed by atoms with Gasteiger partial charge in [0, 0.05) is 18.8 Å². The van der Waals surface area contributed by atoms with E-state index >= 15 is 0 Å². The molecule has 2 saturated carbocycles. The summed E-state index contributed by atoms with van der Waals surface area (Å²) in [5, 5.41) is 0. The van der Waals surface area contributed by atoms with Crippen molar-refractivity contribution in [1.82, 2.24) is 0 Å². The molecular weight excluding hydrogens is 284 g/mol. The van der Waals surface area contributed by atoms with Crippen LogP contribution in [0, 0.1) is 22.7 Å². The number of hydrogen-bond donors (Lipinski definition) is 0. The predicted molar refractivity (Wildman–Crippen MR) is 91.8 cm³/mol. The van der Waals surface area contributed by atoms with E-state index in [0.29, 0.717) is 11.3 Å². The molecule has 5 atom stereocenters. The Bertz CT molecular complexity index is 626. The first-order chi connectivity index (χ1) is 10.9. The number of allylic oxidation sites excluding steroid dienone is 4. The maximum atomic E-state index is 11.3. The minimum Gasteiger partial charge on any atom is -0.458 e. The highest BCUT2D eigenvalue weighted by Crippen LogP contribution is 2.62. The molecule has 0 aromatic rings. The zero-order chi connectivity index (χ0) is 16.2. The molecule has 0 bridgehead atoms. The standard InChI is InChI=1S/C21H28O2/c1-14(22)23-16-8-12-21(3)15(13-16)6-7-17-18-5-4-10-20(18,2)11-9-19(17)21/h6-8,12,16,18-19H,4-5,9-11,13H2,1-3H3/t16?,18-,19-,20-,21-/m0/s1. The maximum Gasteiger partial charge on any atom is 0.303 e. The van der Waals surface area contributed by atoms with Gasteiger partial charge in [0.1, 0.15) is 6.10 Å². The number of ether oxygens (including phenoxy) is 1. The molecule has 0 heterocycles. The summed E-state index contributed by atoms with van der Waals surface area (Å²) in [4.78, 5) is 11.3. The van der Waals surface area contributed by atoms with Gasteiger partial charge < -0.3 is 4.74 Å². The van der Waals surface area contributed by atoms with E-state index in [0.717, 1.165) is 12.3 Å². The summed E-state index contributed by atoms with van der Waals surface area (Å²) < 4.78 is 5.42. The molecule has 4 aliphatic carbocycles. The molecule has 4 rings (SSSR count). The van der Waals surface area contributed by atoms with Crippen molar-refractivity contribution in [3.05, 3.63) is 35.5 Å². The number of hydrogen-bond acceptors (Lipinski definition) is 2. The van der Waals surface area contributed by atoms with Crippen molar-refractivity contribution in [3.8, 4) is 0 Å². The van der Waals surface area contributed by atoms with Gasteiger partial charge in [0.2, 0.25) is 0 Å². The first-order valence-corrected chi connectivity index (χ1v) is 9.20. The molecule has 4 aliphatic rings. The van der Waals surface area contributed by atoms with E-state index in [2.05, 4.69) is 38.2 Å². The van der Waals surface area contributed by atoms with E-state index in [4.69, 9.17) is 4.74 Å². The monoisotopic (exact) mass is 312 g/mol. The molecule has 2 nitrogen and oxygen atoms in total. The highest BCUT2D eigenvalue weighted by Gasteiger charge is 2.52. The van der Waals surface area contributed by atoms with Crippen LogP contribution in [0.1, 0.15) is 59.3 Å². The lowest BCUT2D eigenvalue weighted by atomic mass is 9.53. The van der Waals surface area contributed by atoms with Crippen LogP contribution in [-0.2, 0) is 9.53 Å². The maximum absolute atomic E-state index is 11.3. The number of rotatable bonds is 1. The average Bonchev–Trinajstić information content (AvgIpc) is 2.89. The van der Waals surface area contributed by atoms with E-state index in [9.17, 15) is 4.79 Å². The van der Waals surface area contributed by atoms with Crippen LogP contribution in [0.15, 0.2) is 35.5 Å². The van der Waals surface area contributed by atoms with E-state index < -0.39 is 0 Å². The second kappa shape index (κ2) is 5.09. The fraction of sp³-hybridized carbons (Fsp3) is 0.667. The van der Waals surface area contributed by atoms with E-state index in [1.165, 1.54) is 44.6 Å². The van der Waals surface area contributed by atoms with Gasteiger partial charge >= 0.3 is 5.97 Å². The Morgan fingerprint density at radius 3 is 2.78 bits per heavy atom. The predicted octanol–water partition coefficient (Wildman–Crippen LogP) is 4.97.